The van der Waals surface area contributed by atoms with Gasteiger partial charge >= 0.3 is 29.3 Å². The Morgan fingerprint density at radius 3 is 1.20 bits per heavy atom. The maximum absolute atomic E-state index is 12.9. The third-order valence-electron chi connectivity index (χ3n) is 18.6. The molecule has 6 aliphatic rings. The van der Waals surface area contributed by atoms with Crippen molar-refractivity contribution >= 4 is 107 Å². The van der Waals surface area contributed by atoms with Crippen LogP contribution in [0.4, 0.5) is 9.59 Å². The summed E-state index contributed by atoms with van der Waals surface area (Å²) in [4.78, 5) is 143. The van der Waals surface area contributed by atoms with E-state index in [0.717, 1.165) is 60.4 Å². The first-order chi connectivity index (χ1) is 51.2. The number of nitrogens with one attached hydrogen (secondary N) is 4. The fourth-order valence-electron chi connectivity index (χ4n) is 13.3. The van der Waals surface area contributed by atoms with Crippen molar-refractivity contribution < 1.29 is 104 Å². The smallest absolute Gasteiger partial charge is 0.410 e. The van der Waals surface area contributed by atoms with Gasteiger partial charge in [-0.25, -0.2) is 24.0 Å². The van der Waals surface area contributed by atoms with Gasteiger partial charge in [0.25, 0.3) is 0 Å². The first-order valence-corrected chi connectivity index (χ1v) is 36.8. The Labute approximate surface area is 698 Å². The van der Waals surface area contributed by atoms with E-state index in [1.807, 2.05) is 91.1 Å². The molecule has 0 spiro atoms. The largest absolute Gasteiger partial charge is 0.444 e. The number of rotatable bonds is 12. The molecule has 6 fully saturated rings. The van der Waals surface area contributed by atoms with Crippen molar-refractivity contribution in [2.45, 2.75) is 128 Å². The first kappa shape index (κ1) is 97.4. The summed E-state index contributed by atoms with van der Waals surface area (Å²) in [7, 11) is 10.3. The molecular formula is C77H107BrN16O16PW2-. The zero-order valence-corrected chi connectivity index (χ0v) is 75.5. The van der Waals surface area contributed by atoms with Crippen molar-refractivity contribution in [3.05, 3.63) is 109 Å². The van der Waals surface area contributed by atoms with Crippen LogP contribution >= 0.6 is 25.8 Å². The van der Waals surface area contributed by atoms with Gasteiger partial charge in [0.2, 0.25) is 35.4 Å². The maximum atomic E-state index is 12.9. The summed E-state index contributed by atoms with van der Waals surface area (Å²) in [6, 6.07) is 14.4. The van der Waals surface area contributed by atoms with Crippen molar-refractivity contribution in [3.63, 3.8) is 0 Å². The Bertz CT molecular complexity index is 4760. The van der Waals surface area contributed by atoms with Crippen LogP contribution in [0.1, 0.15) is 109 Å². The molecule has 36 heteroatoms. The molecule has 7 atom stereocenters. The molecule has 4 unspecified atom stereocenters. The number of aryl methyl sites for hydroxylation is 3. The summed E-state index contributed by atoms with van der Waals surface area (Å²) >= 11 is 3.37. The molecule has 7 N–H and O–H groups in total. The molecule has 8 amide bonds. The molecule has 6 aromatic rings. The second-order valence-corrected chi connectivity index (χ2v) is 30.3. The number of nitrogens with zero attached hydrogens (tertiary/aromatic N) is 11. The number of imidazole rings is 3. The molecule has 3 aromatic heterocycles. The number of carbonyl (C=O) groups excluding carboxylic acids is 8. The monoisotopic (exact) mass is 1990 g/mol. The van der Waals surface area contributed by atoms with Gasteiger partial charge < -0.3 is 52.4 Å². The summed E-state index contributed by atoms with van der Waals surface area (Å²) < 4.78 is 37.7. The van der Waals surface area contributed by atoms with Gasteiger partial charge in [-0.3, -0.25) is 86.8 Å². The second kappa shape index (κ2) is 43.7. The number of likely N-dealkylation sites (N-methyl/N-ethyl adjacent to an activating group) is 3. The third-order valence-corrected chi connectivity index (χ3v) is 19.1. The molecular weight excluding hydrogens is 1880 g/mol. The van der Waals surface area contributed by atoms with Gasteiger partial charge in [-0.15, -0.1) is 6.42 Å². The van der Waals surface area contributed by atoms with Gasteiger partial charge in [-0.05, 0) is 122 Å². The van der Waals surface area contributed by atoms with Gasteiger partial charge in [-0.2, -0.15) is 9.90 Å². The van der Waals surface area contributed by atoms with Crippen molar-refractivity contribution in [1.29, 1.82) is 0 Å². The zero-order chi connectivity index (χ0) is 78.5. The molecule has 9 heterocycles. The molecule has 0 aliphatic carbocycles. The van der Waals surface area contributed by atoms with E-state index < -0.39 is 47.0 Å². The molecule has 0 radical (unpaired) electrons. The normalized spacial score (nSPS) is 19.9. The van der Waals surface area contributed by atoms with Crippen LogP contribution in [0, 0.1) is 43.5 Å². The van der Waals surface area contributed by atoms with Crippen LogP contribution in [-0.4, -0.2) is 249 Å². The van der Waals surface area contributed by atoms with Crippen LogP contribution < -0.4 is 44.5 Å². The molecule has 3 aromatic carbocycles. The van der Waals surface area contributed by atoms with Crippen LogP contribution in [0.5, 0.6) is 0 Å². The Hall–Kier alpha value is -7.92. The zero-order valence-electron chi connectivity index (χ0n) is 66.6. The Balaban J connectivity index is 0.000000325. The minimum absolute atomic E-state index is 0. The number of morpholine rings is 3. The van der Waals surface area contributed by atoms with E-state index in [1.165, 1.54) is 32.3 Å². The van der Waals surface area contributed by atoms with Crippen LogP contribution in [0.25, 0.3) is 33.1 Å². The number of imide groups is 3. The van der Waals surface area contributed by atoms with E-state index in [2.05, 4.69) is 81.5 Å². The van der Waals surface area contributed by atoms with Gasteiger partial charge in [0.05, 0.1) is 104 Å². The predicted molar refractivity (Wildman–Crippen MR) is 429 cm³/mol. The number of carbonyl (C=O) groups is 8. The van der Waals surface area contributed by atoms with Crippen molar-refractivity contribution in [1.82, 2.24) is 79.3 Å². The van der Waals surface area contributed by atoms with Crippen LogP contribution in [0.2, 0.25) is 0 Å². The van der Waals surface area contributed by atoms with Gasteiger partial charge in [0.15, 0.2) is 0 Å². The molecule has 12 rings (SSSR count). The van der Waals surface area contributed by atoms with Crippen molar-refractivity contribution in [2.75, 3.05) is 120 Å². The SMILES string of the molecule is C#CCN1CCO[C@@H](CN(C)C(=O)OC(C)(C)C)C1.CN(C[C@H]1CN(CC#Cc2ccc3c(c2)n(C)c(=O)n3C2CCC(=O)NC2=O)CCO1)C(=O)OC(C)(C)C.CNC[C@H]1CN(CC#Cc2ccc3c(c2)n(C)c(=O)n3C2CCC(=O)NC2=O)CCO1.Cn1c(=O)n(C2CCC(=O)NC2=O)c2ccc(Br)cc21.N.P.[CH3-].[W].[W]. The number of amides is 8. The minimum Gasteiger partial charge on any atom is -0.444 e. The predicted octanol–water partition coefficient (Wildman–Crippen LogP) is 3.76. The number of hydrogen-bond donors (Lipinski definition) is 5. The van der Waals surface area contributed by atoms with Crippen LogP contribution in [0.3, 0.4) is 0 Å². The number of benzene rings is 3. The van der Waals surface area contributed by atoms with E-state index in [0.29, 0.717) is 106 Å². The van der Waals surface area contributed by atoms with E-state index >= 15 is 0 Å². The number of halogens is 1. The molecule has 0 bridgehead atoms. The number of fused-ring (bicyclic) bond motifs is 3. The number of piperidine rings is 3. The summed E-state index contributed by atoms with van der Waals surface area (Å²) in [6.07, 6.45) is 6.25. The fraction of sp³-hybridized carbons (Fsp3) is 0.532. The van der Waals surface area contributed by atoms with Gasteiger partial charge in [0, 0.05) is 158 Å². The van der Waals surface area contributed by atoms with Crippen LogP contribution in [-0.2, 0) is 116 Å². The molecule has 6 saturated heterocycles. The molecule has 113 heavy (non-hydrogen) atoms. The van der Waals surface area contributed by atoms with Crippen molar-refractivity contribution in [3.8, 4) is 36.0 Å². The molecule has 616 valence electrons. The molecule has 6 aliphatic heterocycles. The summed E-state index contributed by atoms with van der Waals surface area (Å²) in [6.45, 7) is 21.2. The number of hydrogen-bond acceptors (Lipinski definition) is 21. The second-order valence-electron chi connectivity index (χ2n) is 29.3. The molecule has 0 saturated carbocycles. The minimum atomic E-state index is -0.718. The van der Waals surface area contributed by atoms with E-state index in [9.17, 15) is 52.7 Å². The first-order valence-electron chi connectivity index (χ1n) is 36.0. The standard InChI is InChI=1S/C27H35N5O6.C22H27N5O4.C14H24N2O3.C13H12BrN3O3.CH3.H3N.H3P.2W/c1-27(2,3)38-26(36)29(4)16-19-17-31(13-14-37-19)12-6-7-18-8-9-20-22(15-18)30(5)25(35)32(20)21-10-11-23(33)28-24(21)34;1-23-13-16-14-26(10-11-31-16)9-3-4-15-5-6-17-19(12-15)25(2)22(30)27(17)18-7-8-20(28)24-21(18)29;1-6-7-16-8-9-18-12(11-16)10-15(5)13(17)19-14(2,3)4;1-16-10-6-7(14)2-3-8(10)17(13(16)20)9-4-5-11(18)15-12(9)19;;;;;/h8-9,15,19,21H,10-14,16-17H2,1-5H3,(H,28,33,34);5-6,12,16,18,23H,7-11,13-14H2,1-2H3,(H,24,28,29);1,12H,7-11H2,2-5H3;2-3,6,9H,4-5H2,1H3,(H,15,18,19);3*1H3;;/q;;;;-1;;;;/t19-,21?;16-,18?;12-;;;;;;/m000....../s1. The Kier molecular flexibility index (Phi) is 37.7. The number of ether oxygens (including phenoxy) is 5. The van der Waals surface area contributed by atoms with Gasteiger partial charge in [-0.1, -0.05) is 45.5 Å². The molecule has 32 nitrogen and oxygen atoms in total. The van der Waals surface area contributed by atoms with Crippen LogP contribution in [0.15, 0.2) is 73.5 Å². The topological polar surface area (TPSA) is 363 Å². The fourth-order valence-corrected chi connectivity index (χ4v) is 13.7. The number of terminal acetylenes is 1. The summed E-state index contributed by atoms with van der Waals surface area (Å²) in [5, 5.41) is 10.1. The quantitative estimate of drug-likeness (QED) is 0.0504. The average molecular weight is 1990 g/mol. The average Bonchev–Trinajstić information content (AvgIpc) is 1.62. The summed E-state index contributed by atoms with van der Waals surface area (Å²) in [5.41, 5.74) is 3.79. The Morgan fingerprint density at radius 1 is 0.540 bits per heavy atom. The van der Waals surface area contributed by atoms with Crippen molar-refractivity contribution in [2.24, 2.45) is 21.1 Å². The third kappa shape index (κ3) is 26.0. The van der Waals surface area contributed by atoms with E-state index in [-0.39, 0.29) is 150 Å². The Morgan fingerprint density at radius 2 is 0.867 bits per heavy atom. The summed E-state index contributed by atoms with van der Waals surface area (Å²) in [5.74, 6) is 13.2. The van der Waals surface area contributed by atoms with Gasteiger partial charge in [0.1, 0.15) is 29.3 Å². The van der Waals surface area contributed by atoms with E-state index in [1.54, 1.807) is 52.3 Å². The number of aromatic nitrogens is 6. The van der Waals surface area contributed by atoms with E-state index in [4.69, 9.17) is 30.1 Å². The maximum Gasteiger partial charge on any atom is 0.410 e.